The molecule has 4 aromatic rings. The van der Waals surface area contributed by atoms with Crippen LogP contribution in [0.15, 0.2) is 84.3 Å². The Bertz CT molecular complexity index is 1270. The van der Waals surface area contributed by atoms with Gasteiger partial charge in [0.25, 0.3) is 0 Å². The van der Waals surface area contributed by atoms with Crippen molar-refractivity contribution >= 4 is 29.3 Å². The molecule has 0 spiro atoms. The Morgan fingerprint density at radius 3 is 2.40 bits per heavy atom. The Kier molecular flexibility index (Phi) is 7.45. The average molecular weight is 504 g/mol. The summed E-state index contributed by atoms with van der Waals surface area (Å²) < 4.78 is 1.92. The van der Waals surface area contributed by atoms with Crippen molar-refractivity contribution in [3.05, 3.63) is 89.7 Å². The van der Waals surface area contributed by atoms with E-state index in [9.17, 15) is 4.79 Å². The summed E-state index contributed by atoms with van der Waals surface area (Å²) >= 11 is 7.93. The molecule has 0 atom stereocenters. The summed E-state index contributed by atoms with van der Waals surface area (Å²) in [5.74, 6) is 1.73. The number of rotatable bonds is 7. The van der Waals surface area contributed by atoms with E-state index >= 15 is 0 Å². The Balaban J connectivity index is 1.26. The van der Waals surface area contributed by atoms with Gasteiger partial charge in [-0.05, 0) is 55.0 Å². The Morgan fingerprint density at radius 2 is 1.66 bits per heavy atom. The quantitative estimate of drug-likeness (QED) is 0.309. The van der Waals surface area contributed by atoms with E-state index in [4.69, 9.17) is 11.6 Å². The normalized spacial score (nSPS) is 14.3. The molecule has 0 radical (unpaired) electrons. The standard InChI is InChI=1S/C27H26ClN5OS/c28-23-8-4-5-9-24(23)33-26(22-10-14-29-15-11-22)30-31-27(33)35-19-25(34)32-16-12-21(13-17-32)18-20-6-2-1-3-7-20/h1-11,14-15,21H,12-13,16-19H2. The van der Waals surface area contributed by atoms with Crippen LogP contribution in [-0.2, 0) is 11.2 Å². The van der Waals surface area contributed by atoms with Crippen molar-refractivity contribution in [2.24, 2.45) is 5.92 Å². The molecule has 0 N–H and O–H groups in total. The minimum absolute atomic E-state index is 0.132. The number of amides is 1. The summed E-state index contributed by atoms with van der Waals surface area (Å²) in [6.45, 7) is 1.60. The summed E-state index contributed by atoms with van der Waals surface area (Å²) in [5.41, 5.74) is 3.03. The number of para-hydroxylation sites is 1. The van der Waals surface area contributed by atoms with Crippen LogP contribution in [0.25, 0.3) is 17.1 Å². The molecule has 35 heavy (non-hydrogen) atoms. The van der Waals surface area contributed by atoms with Gasteiger partial charge in [-0.2, -0.15) is 0 Å². The Morgan fingerprint density at radius 1 is 0.943 bits per heavy atom. The number of pyridine rings is 1. The largest absolute Gasteiger partial charge is 0.342 e. The maximum Gasteiger partial charge on any atom is 0.233 e. The molecule has 1 fully saturated rings. The number of thioether (sulfide) groups is 1. The molecule has 0 unspecified atom stereocenters. The summed E-state index contributed by atoms with van der Waals surface area (Å²) in [7, 11) is 0. The number of hydrogen-bond acceptors (Lipinski definition) is 5. The number of carbonyl (C=O) groups excluding carboxylic acids is 1. The van der Waals surface area contributed by atoms with E-state index < -0.39 is 0 Å². The Hall–Kier alpha value is -3.16. The topological polar surface area (TPSA) is 63.9 Å². The molecule has 0 bridgehead atoms. The van der Waals surface area contributed by atoms with Crippen LogP contribution in [0.3, 0.4) is 0 Å². The first-order valence-electron chi connectivity index (χ1n) is 11.7. The van der Waals surface area contributed by atoms with E-state index in [0.29, 0.717) is 27.7 Å². The zero-order valence-electron chi connectivity index (χ0n) is 19.3. The molecule has 0 saturated carbocycles. The third-order valence-corrected chi connectivity index (χ3v) is 7.56. The molecule has 1 aliphatic heterocycles. The molecule has 2 aromatic heterocycles. The number of hydrogen-bond donors (Lipinski definition) is 0. The van der Waals surface area contributed by atoms with Crippen molar-refractivity contribution < 1.29 is 4.79 Å². The van der Waals surface area contributed by atoms with Gasteiger partial charge in [-0.25, -0.2) is 0 Å². The van der Waals surface area contributed by atoms with Crippen LogP contribution in [0.4, 0.5) is 0 Å². The lowest BCUT2D eigenvalue weighted by Crippen LogP contribution is -2.39. The molecular weight excluding hydrogens is 478 g/mol. The van der Waals surface area contributed by atoms with Crippen LogP contribution < -0.4 is 0 Å². The number of carbonyl (C=O) groups is 1. The van der Waals surface area contributed by atoms with Gasteiger partial charge < -0.3 is 4.90 Å². The molecule has 178 valence electrons. The lowest BCUT2D eigenvalue weighted by Gasteiger charge is -2.32. The molecule has 5 rings (SSSR count). The second kappa shape index (κ2) is 11.1. The zero-order chi connectivity index (χ0) is 24.0. The number of benzene rings is 2. The maximum atomic E-state index is 13.0. The highest BCUT2D eigenvalue weighted by atomic mass is 35.5. The van der Waals surface area contributed by atoms with E-state index in [1.165, 1.54) is 17.3 Å². The first kappa shape index (κ1) is 23.6. The van der Waals surface area contributed by atoms with Crippen molar-refractivity contribution in [1.29, 1.82) is 0 Å². The zero-order valence-corrected chi connectivity index (χ0v) is 20.8. The minimum Gasteiger partial charge on any atom is -0.342 e. The highest BCUT2D eigenvalue weighted by Crippen LogP contribution is 2.31. The van der Waals surface area contributed by atoms with E-state index in [0.717, 1.165) is 43.6 Å². The number of halogens is 1. The summed E-state index contributed by atoms with van der Waals surface area (Å²) in [6, 6.07) is 22.0. The molecule has 1 aliphatic rings. The molecule has 3 heterocycles. The molecule has 6 nitrogen and oxygen atoms in total. The molecule has 1 saturated heterocycles. The highest BCUT2D eigenvalue weighted by Gasteiger charge is 2.24. The average Bonchev–Trinajstić information content (AvgIpc) is 3.33. The molecule has 1 amide bonds. The smallest absolute Gasteiger partial charge is 0.233 e. The lowest BCUT2D eigenvalue weighted by molar-refractivity contribution is -0.129. The molecule has 2 aromatic carbocycles. The van der Waals surface area contributed by atoms with E-state index in [1.807, 2.05) is 45.9 Å². The summed E-state index contributed by atoms with van der Waals surface area (Å²) in [5, 5.41) is 10.1. The van der Waals surface area contributed by atoms with Gasteiger partial charge in [0.05, 0.1) is 16.5 Å². The van der Waals surface area contributed by atoms with E-state index in [2.05, 4.69) is 45.5 Å². The third-order valence-electron chi connectivity index (χ3n) is 6.32. The first-order chi connectivity index (χ1) is 17.2. The van der Waals surface area contributed by atoms with Crippen LogP contribution in [0.5, 0.6) is 0 Å². The summed E-state index contributed by atoms with van der Waals surface area (Å²) in [6.07, 6.45) is 6.59. The van der Waals surface area contributed by atoms with E-state index in [1.54, 1.807) is 12.4 Å². The molecular formula is C27H26ClN5OS. The number of likely N-dealkylation sites (tertiary alicyclic amines) is 1. The van der Waals surface area contributed by atoms with Gasteiger partial charge >= 0.3 is 0 Å². The second-order valence-electron chi connectivity index (χ2n) is 8.63. The first-order valence-corrected chi connectivity index (χ1v) is 13.1. The fourth-order valence-corrected chi connectivity index (χ4v) is 5.52. The van der Waals surface area contributed by atoms with Crippen LogP contribution >= 0.6 is 23.4 Å². The SMILES string of the molecule is O=C(CSc1nnc(-c2ccncc2)n1-c1ccccc1Cl)N1CCC(Cc2ccccc2)CC1. The van der Waals surface area contributed by atoms with Crippen LogP contribution in [0.2, 0.25) is 5.02 Å². The van der Waals surface area contributed by atoms with Crippen molar-refractivity contribution in [2.75, 3.05) is 18.8 Å². The van der Waals surface area contributed by atoms with Gasteiger partial charge in [-0.15, -0.1) is 10.2 Å². The van der Waals surface area contributed by atoms with Gasteiger partial charge in [0.1, 0.15) is 0 Å². The van der Waals surface area contributed by atoms with Gasteiger partial charge in [-0.3, -0.25) is 14.3 Å². The third kappa shape index (κ3) is 5.57. The van der Waals surface area contributed by atoms with Gasteiger partial charge in [0, 0.05) is 31.0 Å². The minimum atomic E-state index is 0.132. The van der Waals surface area contributed by atoms with Crippen LogP contribution in [0.1, 0.15) is 18.4 Å². The molecule has 0 aliphatic carbocycles. The number of nitrogens with zero attached hydrogens (tertiary/aromatic N) is 5. The predicted molar refractivity (Wildman–Crippen MR) is 140 cm³/mol. The number of aromatic nitrogens is 4. The van der Waals surface area contributed by atoms with Crippen molar-refractivity contribution in [3.63, 3.8) is 0 Å². The number of piperidine rings is 1. The van der Waals surface area contributed by atoms with Crippen LogP contribution in [0, 0.1) is 5.92 Å². The fourth-order valence-electron chi connectivity index (χ4n) is 4.45. The van der Waals surface area contributed by atoms with E-state index in [-0.39, 0.29) is 5.91 Å². The second-order valence-corrected chi connectivity index (χ2v) is 9.98. The van der Waals surface area contributed by atoms with Gasteiger partial charge in [0.2, 0.25) is 5.91 Å². The Labute approximate surface area is 214 Å². The highest BCUT2D eigenvalue weighted by molar-refractivity contribution is 7.99. The maximum absolute atomic E-state index is 13.0. The monoisotopic (exact) mass is 503 g/mol. The lowest BCUT2D eigenvalue weighted by atomic mass is 9.90. The van der Waals surface area contributed by atoms with Gasteiger partial charge in [-0.1, -0.05) is 65.8 Å². The summed E-state index contributed by atoms with van der Waals surface area (Å²) in [4.78, 5) is 19.1. The van der Waals surface area contributed by atoms with Crippen LogP contribution in [-0.4, -0.2) is 49.4 Å². The predicted octanol–water partition coefficient (Wildman–Crippen LogP) is 5.56. The fraction of sp³-hybridized carbons (Fsp3) is 0.259. The van der Waals surface area contributed by atoms with Gasteiger partial charge in [0.15, 0.2) is 11.0 Å². The molecule has 8 heteroatoms. The van der Waals surface area contributed by atoms with Crippen molar-refractivity contribution in [3.8, 4) is 17.1 Å². The van der Waals surface area contributed by atoms with Crippen molar-refractivity contribution in [1.82, 2.24) is 24.6 Å². The van der Waals surface area contributed by atoms with Crippen molar-refractivity contribution in [2.45, 2.75) is 24.4 Å².